The van der Waals surface area contributed by atoms with Crippen molar-refractivity contribution >= 4 is 11.8 Å². The number of aromatic carboxylic acids is 1. The Kier molecular flexibility index (Phi) is 6.65. The predicted octanol–water partition coefficient (Wildman–Crippen LogP) is 3.13. The van der Waals surface area contributed by atoms with Gasteiger partial charge in [0.2, 0.25) is 0 Å². The summed E-state index contributed by atoms with van der Waals surface area (Å²) in [6.07, 6.45) is 0. The molecule has 0 bridgehead atoms. The number of ketones is 1. The minimum Gasteiger partial charge on any atom is -0.507 e. The molecule has 0 saturated heterocycles. The van der Waals surface area contributed by atoms with Crippen molar-refractivity contribution in [1.82, 2.24) is 0 Å². The van der Waals surface area contributed by atoms with Crippen molar-refractivity contribution in [2.75, 3.05) is 7.11 Å². The molecule has 3 aromatic rings. The van der Waals surface area contributed by atoms with Gasteiger partial charge < -0.3 is 30.3 Å². The number of carbonyl (C=O) groups excluding carboxylic acids is 1. The number of ether oxygens (including phenoxy) is 1. The Hall–Kier alpha value is -4.20. The maximum atomic E-state index is 12.1. The smallest absolute Gasteiger partial charge is 0.335 e. The molecule has 5 N–H and O–H groups in total. The van der Waals surface area contributed by atoms with E-state index in [1.165, 1.54) is 13.2 Å². The highest BCUT2D eigenvalue weighted by Crippen LogP contribution is 2.35. The second-order valence-corrected chi connectivity index (χ2v) is 5.75. The molecule has 0 amide bonds. The SMILES string of the molecule is COc1ccc(C(=O)c2ccccc2)c(O)c1.O=C(O)c1cc(O)c(O)c(O)c1. The highest BCUT2D eigenvalue weighted by atomic mass is 16.5. The molecule has 8 nitrogen and oxygen atoms in total. The lowest BCUT2D eigenvalue weighted by atomic mass is 10.0. The zero-order valence-electron chi connectivity index (χ0n) is 15.2. The molecule has 0 aliphatic rings. The van der Waals surface area contributed by atoms with Crippen molar-refractivity contribution in [2.45, 2.75) is 0 Å². The van der Waals surface area contributed by atoms with E-state index in [-0.39, 0.29) is 22.7 Å². The molecule has 0 atom stereocenters. The summed E-state index contributed by atoms with van der Waals surface area (Å²) in [6, 6.07) is 15.2. The van der Waals surface area contributed by atoms with Crippen LogP contribution < -0.4 is 4.74 Å². The van der Waals surface area contributed by atoms with Crippen molar-refractivity contribution in [2.24, 2.45) is 0 Å². The molecular formula is C21H18O8. The van der Waals surface area contributed by atoms with Crippen molar-refractivity contribution < 1.29 is 39.9 Å². The molecule has 0 fully saturated rings. The molecule has 3 aromatic carbocycles. The zero-order chi connectivity index (χ0) is 21.6. The monoisotopic (exact) mass is 398 g/mol. The molecule has 0 spiro atoms. The summed E-state index contributed by atoms with van der Waals surface area (Å²) in [5, 5.41) is 44.7. The largest absolute Gasteiger partial charge is 0.507 e. The summed E-state index contributed by atoms with van der Waals surface area (Å²) >= 11 is 0. The summed E-state index contributed by atoms with van der Waals surface area (Å²) in [7, 11) is 1.51. The van der Waals surface area contributed by atoms with E-state index < -0.39 is 23.2 Å². The molecular weight excluding hydrogens is 380 g/mol. The number of rotatable bonds is 4. The lowest BCUT2D eigenvalue weighted by molar-refractivity contribution is 0.0695. The number of hydrogen-bond acceptors (Lipinski definition) is 7. The van der Waals surface area contributed by atoms with Crippen LogP contribution in [0.1, 0.15) is 26.3 Å². The Bertz CT molecular complexity index is 1010. The lowest BCUT2D eigenvalue weighted by Gasteiger charge is -2.06. The molecule has 0 aliphatic carbocycles. The van der Waals surface area contributed by atoms with Gasteiger partial charge in [0.05, 0.1) is 18.2 Å². The molecule has 0 aromatic heterocycles. The van der Waals surface area contributed by atoms with Crippen LogP contribution >= 0.6 is 0 Å². The summed E-state index contributed by atoms with van der Waals surface area (Å²) in [4.78, 5) is 22.4. The Morgan fingerprint density at radius 3 is 1.83 bits per heavy atom. The Balaban J connectivity index is 0.000000221. The van der Waals surface area contributed by atoms with Gasteiger partial charge in [-0.05, 0) is 24.3 Å². The topological polar surface area (TPSA) is 145 Å². The van der Waals surface area contributed by atoms with Crippen molar-refractivity contribution in [3.63, 3.8) is 0 Å². The van der Waals surface area contributed by atoms with E-state index >= 15 is 0 Å². The van der Waals surface area contributed by atoms with E-state index in [0.29, 0.717) is 11.3 Å². The normalized spacial score (nSPS) is 9.83. The Morgan fingerprint density at radius 1 is 0.759 bits per heavy atom. The molecule has 0 aliphatic heterocycles. The molecule has 0 heterocycles. The fraction of sp³-hybridized carbons (Fsp3) is 0.0476. The average molecular weight is 398 g/mol. The van der Waals surface area contributed by atoms with Crippen LogP contribution in [-0.4, -0.2) is 44.4 Å². The Labute approximate surface area is 165 Å². The van der Waals surface area contributed by atoms with Gasteiger partial charge in [-0.2, -0.15) is 0 Å². The van der Waals surface area contributed by atoms with Crippen LogP contribution in [0, 0.1) is 0 Å². The predicted molar refractivity (Wildman–Crippen MR) is 103 cm³/mol. The second-order valence-electron chi connectivity index (χ2n) is 5.75. The lowest BCUT2D eigenvalue weighted by Crippen LogP contribution is -2.01. The number of carbonyl (C=O) groups is 2. The fourth-order valence-corrected chi connectivity index (χ4v) is 2.30. The van der Waals surface area contributed by atoms with E-state index in [0.717, 1.165) is 12.1 Å². The van der Waals surface area contributed by atoms with E-state index in [1.54, 1.807) is 36.4 Å². The molecule has 150 valence electrons. The van der Waals surface area contributed by atoms with Crippen LogP contribution in [-0.2, 0) is 0 Å². The van der Waals surface area contributed by atoms with E-state index in [1.807, 2.05) is 6.07 Å². The van der Waals surface area contributed by atoms with Crippen LogP contribution in [0.2, 0.25) is 0 Å². The van der Waals surface area contributed by atoms with Crippen molar-refractivity contribution in [1.29, 1.82) is 0 Å². The van der Waals surface area contributed by atoms with Gasteiger partial charge in [-0.1, -0.05) is 30.3 Å². The third kappa shape index (κ3) is 5.16. The zero-order valence-corrected chi connectivity index (χ0v) is 15.2. The summed E-state index contributed by atoms with van der Waals surface area (Å²) in [5.41, 5.74) is 0.535. The van der Waals surface area contributed by atoms with Gasteiger partial charge in [0.25, 0.3) is 0 Å². The first-order valence-electron chi connectivity index (χ1n) is 8.19. The Morgan fingerprint density at radius 2 is 1.34 bits per heavy atom. The highest BCUT2D eigenvalue weighted by molar-refractivity contribution is 6.10. The summed E-state index contributed by atoms with van der Waals surface area (Å²) in [6.45, 7) is 0. The number of phenolic OH excluding ortho intramolecular Hbond substituents is 4. The quantitative estimate of drug-likeness (QED) is 0.333. The molecule has 8 heteroatoms. The van der Waals surface area contributed by atoms with Crippen LogP contribution in [0.4, 0.5) is 0 Å². The summed E-state index contributed by atoms with van der Waals surface area (Å²) < 4.78 is 4.96. The second kappa shape index (κ2) is 9.14. The molecule has 29 heavy (non-hydrogen) atoms. The van der Waals surface area contributed by atoms with Gasteiger partial charge in [-0.3, -0.25) is 4.79 Å². The molecule has 0 radical (unpaired) electrons. The number of benzene rings is 3. The average Bonchev–Trinajstić information content (AvgIpc) is 2.72. The van der Waals surface area contributed by atoms with Gasteiger partial charge in [0.15, 0.2) is 23.0 Å². The van der Waals surface area contributed by atoms with E-state index in [2.05, 4.69) is 0 Å². The minimum atomic E-state index is -1.29. The number of methoxy groups -OCH3 is 1. The van der Waals surface area contributed by atoms with Crippen LogP contribution in [0.5, 0.6) is 28.7 Å². The van der Waals surface area contributed by atoms with Gasteiger partial charge in [0.1, 0.15) is 11.5 Å². The van der Waals surface area contributed by atoms with Gasteiger partial charge in [-0.15, -0.1) is 0 Å². The van der Waals surface area contributed by atoms with Crippen molar-refractivity contribution in [3.05, 3.63) is 77.4 Å². The molecule has 0 unspecified atom stereocenters. The minimum absolute atomic E-state index is 0.0711. The first-order chi connectivity index (χ1) is 13.7. The summed E-state index contributed by atoms with van der Waals surface area (Å²) in [5.74, 6) is -3.09. The van der Waals surface area contributed by atoms with Crippen LogP contribution in [0.3, 0.4) is 0 Å². The third-order valence-corrected chi connectivity index (χ3v) is 3.80. The van der Waals surface area contributed by atoms with Crippen LogP contribution in [0.25, 0.3) is 0 Å². The number of phenols is 4. The maximum Gasteiger partial charge on any atom is 0.335 e. The van der Waals surface area contributed by atoms with Crippen molar-refractivity contribution in [3.8, 4) is 28.7 Å². The standard InChI is InChI=1S/C14H12O3.C7H6O5/c1-17-11-7-8-12(13(15)9-11)14(16)10-5-3-2-4-6-10;8-4-1-3(7(11)12)2-5(9)6(4)10/h2-9,15H,1H3;1-2,8-10H,(H,11,12). The van der Waals surface area contributed by atoms with Gasteiger partial charge in [-0.25, -0.2) is 4.79 Å². The fourth-order valence-electron chi connectivity index (χ4n) is 2.30. The first-order valence-corrected chi connectivity index (χ1v) is 8.19. The van der Waals surface area contributed by atoms with E-state index in [4.69, 9.17) is 25.2 Å². The molecule has 3 rings (SSSR count). The number of carboxylic acid groups (broad SMARTS) is 1. The number of hydrogen-bond donors (Lipinski definition) is 5. The number of carboxylic acids is 1. The number of aromatic hydroxyl groups is 4. The van der Waals surface area contributed by atoms with Crippen LogP contribution in [0.15, 0.2) is 60.7 Å². The molecule has 0 saturated carbocycles. The van der Waals surface area contributed by atoms with E-state index in [9.17, 15) is 14.7 Å². The maximum absolute atomic E-state index is 12.1. The van der Waals surface area contributed by atoms with Gasteiger partial charge in [0, 0.05) is 11.6 Å². The highest BCUT2D eigenvalue weighted by Gasteiger charge is 2.14. The third-order valence-electron chi connectivity index (χ3n) is 3.80. The first kappa shape index (κ1) is 21.1. The van der Waals surface area contributed by atoms with Gasteiger partial charge >= 0.3 is 5.97 Å².